The van der Waals surface area contributed by atoms with Crippen LogP contribution in [0.4, 0.5) is 19.1 Å². The number of nitrogens with zero attached hydrogens (tertiary/aromatic N) is 4. The maximum absolute atomic E-state index is 13.2. The summed E-state index contributed by atoms with van der Waals surface area (Å²) >= 11 is 0. The fraction of sp³-hybridized carbons (Fsp3) is 0.533. The first-order valence-electron chi connectivity index (χ1n) is 8.25. The molecule has 0 aliphatic heterocycles. The van der Waals surface area contributed by atoms with Crippen molar-refractivity contribution in [1.82, 2.24) is 25.0 Å². The maximum Gasteiger partial charge on any atom is 0.435 e. The van der Waals surface area contributed by atoms with Gasteiger partial charge in [-0.05, 0) is 25.7 Å². The van der Waals surface area contributed by atoms with Gasteiger partial charge in [0.25, 0.3) is 5.91 Å². The normalized spacial score (nSPS) is 14.7. The van der Waals surface area contributed by atoms with Crippen molar-refractivity contribution in [3.05, 3.63) is 22.8 Å². The summed E-state index contributed by atoms with van der Waals surface area (Å²) in [5.74, 6) is -1.78. The third-order valence-electron chi connectivity index (χ3n) is 4.31. The number of carbonyl (C=O) groups is 2. The molecule has 2 N–H and O–H groups in total. The number of halogens is 3. The van der Waals surface area contributed by atoms with Crippen LogP contribution in [-0.2, 0) is 28.5 Å². The summed E-state index contributed by atoms with van der Waals surface area (Å²) in [5.41, 5.74) is -0.360. The molecule has 1 unspecified atom stereocenters. The van der Waals surface area contributed by atoms with Crippen LogP contribution in [0.1, 0.15) is 53.4 Å². The van der Waals surface area contributed by atoms with Crippen LogP contribution in [0, 0.1) is 0 Å². The first-order chi connectivity index (χ1) is 12.8. The number of ether oxygens (including phenoxy) is 1. The van der Waals surface area contributed by atoms with E-state index in [2.05, 4.69) is 30.3 Å². The van der Waals surface area contributed by atoms with Crippen LogP contribution in [0.2, 0.25) is 0 Å². The third kappa shape index (κ3) is 3.51. The molecule has 9 nitrogen and oxygen atoms in total. The molecule has 0 saturated carbocycles. The van der Waals surface area contributed by atoms with E-state index in [0.29, 0.717) is 18.5 Å². The first kappa shape index (κ1) is 18.9. The predicted molar refractivity (Wildman–Crippen MR) is 84.9 cm³/mol. The molecule has 12 heteroatoms. The summed E-state index contributed by atoms with van der Waals surface area (Å²) in [6.45, 7) is 1.67. The van der Waals surface area contributed by atoms with Gasteiger partial charge in [-0.3, -0.25) is 19.9 Å². The largest absolute Gasteiger partial charge is 0.463 e. The fourth-order valence-electron chi connectivity index (χ4n) is 3.12. The quantitative estimate of drug-likeness (QED) is 0.759. The van der Waals surface area contributed by atoms with Crippen LogP contribution >= 0.6 is 0 Å². The lowest BCUT2D eigenvalue weighted by atomic mass is 10.2. The van der Waals surface area contributed by atoms with Crippen LogP contribution in [0.5, 0.6) is 0 Å². The molecule has 0 radical (unpaired) electrons. The third-order valence-corrected chi connectivity index (χ3v) is 4.31. The molecular weight excluding hydrogens is 369 g/mol. The number of methoxy groups -OCH3 is 1. The van der Waals surface area contributed by atoms with Gasteiger partial charge in [0.05, 0.1) is 7.11 Å². The number of esters is 1. The zero-order chi connectivity index (χ0) is 19.8. The molecule has 2 aromatic rings. The van der Waals surface area contributed by atoms with Gasteiger partial charge in [-0.25, -0.2) is 4.79 Å². The minimum atomic E-state index is -4.58. The lowest BCUT2D eigenvalue weighted by molar-refractivity contribution is -0.142. The Kier molecular flexibility index (Phi) is 4.89. The number of hydrogen-bond acceptors (Lipinski definition) is 6. The second kappa shape index (κ2) is 7.00. The van der Waals surface area contributed by atoms with Gasteiger partial charge in [0.2, 0.25) is 11.8 Å². The second-order valence-corrected chi connectivity index (χ2v) is 5.98. The van der Waals surface area contributed by atoms with E-state index in [9.17, 15) is 22.8 Å². The molecule has 0 aromatic carbocycles. The number of nitrogens with one attached hydrogen (secondary N) is 2. The molecule has 1 aliphatic rings. The van der Waals surface area contributed by atoms with Gasteiger partial charge in [0.1, 0.15) is 6.04 Å². The molecular formula is C15H17F3N6O3. The van der Waals surface area contributed by atoms with E-state index in [1.807, 2.05) is 0 Å². The minimum Gasteiger partial charge on any atom is -0.463 e. The summed E-state index contributed by atoms with van der Waals surface area (Å²) in [6, 6.07) is -0.965. The molecule has 1 atom stereocenters. The van der Waals surface area contributed by atoms with Crippen molar-refractivity contribution in [3.8, 4) is 0 Å². The molecule has 146 valence electrons. The van der Waals surface area contributed by atoms with Gasteiger partial charge in [0.15, 0.2) is 5.69 Å². The Morgan fingerprint density at radius 1 is 1.37 bits per heavy atom. The highest BCUT2D eigenvalue weighted by Gasteiger charge is 2.41. The number of fused-ring (bicyclic) bond motifs is 1. The maximum atomic E-state index is 13.2. The number of alkyl halides is 3. The van der Waals surface area contributed by atoms with Crippen LogP contribution in [0.25, 0.3) is 0 Å². The Bertz CT molecular complexity index is 873. The highest BCUT2D eigenvalue weighted by Crippen LogP contribution is 2.37. The highest BCUT2D eigenvalue weighted by molar-refractivity contribution is 5.93. The highest BCUT2D eigenvalue weighted by atomic mass is 19.4. The van der Waals surface area contributed by atoms with Gasteiger partial charge in [-0.2, -0.15) is 23.3 Å². The number of hydrogen-bond donors (Lipinski definition) is 2. The van der Waals surface area contributed by atoms with E-state index >= 15 is 0 Å². The number of rotatable bonds is 5. The molecule has 1 amide bonds. The van der Waals surface area contributed by atoms with E-state index in [1.54, 1.807) is 6.92 Å². The van der Waals surface area contributed by atoms with Crippen LogP contribution in [0.15, 0.2) is 0 Å². The SMILES string of the molecule is CCC(C(=O)Nc1n[nH]c(C(=O)OC)n1)n1nc(C(F)(F)F)c2c1CCC2. The standard InChI is InChI=1S/C15H17F3N6O3/c1-3-8(12(25)20-14-19-11(21-22-14)13(26)27-2)24-9-6-4-5-7(9)10(23-24)15(16,17)18/h8H,3-6H2,1-2H3,(H2,19,20,21,22,25). The molecule has 0 bridgehead atoms. The Morgan fingerprint density at radius 3 is 2.74 bits per heavy atom. The lowest BCUT2D eigenvalue weighted by Gasteiger charge is -2.16. The summed E-state index contributed by atoms with van der Waals surface area (Å²) in [7, 11) is 1.16. The van der Waals surface area contributed by atoms with E-state index in [4.69, 9.17) is 0 Å². The van der Waals surface area contributed by atoms with Crippen molar-refractivity contribution in [2.45, 2.75) is 44.8 Å². The smallest absolute Gasteiger partial charge is 0.435 e. The van der Waals surface area contributed by atoms with Crippen molar-refractivity contribution < 1.29 is 27.5 Å². The van der Waals surface area contributed by atoms with E-state index < -0.39 is 29.8 Å². The average molecular weight is 386 g/mol. The number of anilines is 1. The van der Waals surface area contributed by atoms with Gasteiger partial charge in [-0.1, -0.05) is 6.92 Å². The summed E-state index contributed by atoms with van der Waals surface area (Å²) in [6.07, 6.45) is -3.07. The van der Waals surface area contributed by atoms with Gasteiger partial charge in [-0.15, -0.1) is 5.10 Å². The zero-order valence-electron chi connectivity index (χ0n) is 14.6. The molecule has 1 aliphatic carbocycles. The fourth-order valence-corrected chi connectivity index (χ4v) is 3.12. The van der Waals surface area contributed by atoms with Crippen LogP contribution in [0.3, 0.4) is 0 Å². The van der Waals surface area contributed by atoms with Crippen molar-refractivity contribution in [1.29, 1.82) is 0 Å². The Labute approximate surface area is 151 Å². The molecule has 2 heterocycles. The number of H-pyrrole nitrogens is 1. The number of carbonyl (C=O) groups excluding carboxylic acids is 2. The topological polar surface area (TPSA) is 115 Å². The van der Waals surface area contributed by atoms with E-state index in [-0.39, 0.29) is 30.2 Å². The number of amides is 1. The lowest BCUT2D eigenvalue weighted by Crippen LogP contribution is -2.28. The van der Waals surface area contributed by atoms with Crippen LogP contribution < -0.4 is 5.32 Å². The average Bonchev–Trinajstić information content (AvgIpc) is 3.31. The van der Waals surface area contributed by atoms with Gasteiger partial charge in [0, 0.05) is 11.3 Å². The first-order valence-corrected chi connectivity index (χ1v) is 8.25. The molecule has 0 spiro atoms. The van der Waals surface area contributed by atoms with Crippen molar-refractivity contribution in [2.24, 2.45) is 0 Å². The summed E-state index contributed by atoms with van der Waals surface area (Å²) < 4.78 is 45.3. The van der Waals surface area contributed by atoms with Crippen molar-refractivity contribution in [2.75, 3.05) is 12.4 Å². The predicted octanol–water partition coefficient (Wildman–Crippen LogP) is 1.89. The molecule has 27 heavy (non-hydrogen) atoms. The van der Waals surface area contributed by atoms with E-state index in [1.165, 1.54) is 0 Å². The van der Waals surface area contributed by atoms with E-state index in [0.717, 1.165) is 11.8 Å². The Balaban J connectivity index is 1.86. The summed E-state index contributed by atoms with van der Waals surface area (Å²) in [5, 5.41) is 12.1. The molecule has 2 aromatic heterocycles. The monoisotopic (exact) mass is 386 g/mol. The Hall–Kier alpha value is -2.92. The molecule has 0 saturated heterocycles. The van der Waals surface area contributed by atoms with Gasteiger partial charge >= 0.3 is 12.1 Å². The Morgan fingerprint density at radius 2 is 2.11 bits per heavy atom. The second-order valence-electron chi connectivity index (χ2n) is 5.98. The van der Waals surface area contributed by atoms with Crippen molar-refractivity contribution in [3.63, 3.8) is 0 Å². The number of aromatic nitrogens is 5. The molecule has 0 fully saturated rings. The van der Waals surface area contributed by atoms with Crippen LogP contribution in [-0.4, -0.2) is 43.9 Å². The zero-order valence-corrected chi connectivity index (χ0v) is 14.6. The van der Waals surface area contributed by atoms with Crippen molar-refractivity contribution >= 4 is 17.8 Å². The molecule has 3 rings (SSSR count). The number of aromatic amines is 1. The minimum absolute atomic E-state index is 0.152. The van der Waals surface area contributed by atoms with Gasteiger partial charge < -0.3 is 4.74 Å². The summed E-state index contributed by atoms with van der Waals surface area (Å²) in [4.78, 5) is 27.7.